The third-order valence-electron chi connectivity index (χ3n) is 3.73. The number of benzene rings is 1. The number of rotatable bonds is 3. The first-order valence-corrected chi connectivity index (χ1v) is 8.62. The Bertz CT molecular complexity index is 1170. The Hall–Kier alpha value is -3.26. The topological polar surface area (TPSA) is 73.0 Å². The van der Waals surface area contributed by atoms with E-state index in [0.29, 0.717) is 33.6 Å². The van der Waals surface area contributed by atoms with Crippen LogP contribution in [0.3, 0.4) is 0 Å². The van der Waals surface area contributed by atoms with Gasteiger partial charge in [-0.3, -0.25) is 9.78 Å². The maximum atomic E-state index is 13.9. The lowest BCUT2D eigenvalue weighted by molar-refractivity contribution is 0.0997. The van der Waals surface area contributed by atoms with Crippen LogP contribution in [0.15, 0.2) is 65.5 Å². The smallest absolute Gasteiger partial charge is 0.281 e. The van der Waals surface area contributed by atoms with Crippen LogP contribution in [0, 0.1) is 5.82 Å². The van der Waals surface area contributed by atoms with Gasteiger partial charge in [0.05, 0.1) is 12.1 Å². The zero-order valence-corrected chi connectivity index (χ0v) is 14.2. The van der Waals surface area contributed by atoms with E-state index in [1.165, 1.54) is 29.8 Å². The molecule has 0 spiro atoms. The lowest BCUT2D eigenvalue weighted by atomic mass is 10.2. The molecule has 0 unspecified atom stereocenters. The molecule has 0 radical (unpaired) electrons. The maximum absolute atomic E-state index is 13.9. The molecule has 0 aliphatic rings. The summed E-state index contributed by atoms with van der Waals surface area (Å²) in [6, 6.07) is 8.14. The predicted octanol–water partition coefficient (Wildman–Crippen LogP) is 2.82. The Morgan fingerprint density at radius 1 is 1.19 bits per heavy atom. The van der Waals surface area contributed by atoms with E-state index in [0.717, 1.165) is 0 Å². The molecule has 0 saturated heterocycles. The molecule has 3 aromatic heterocycles. The fourth-order valence-electron chi connectivity index (χ4n) is 2.44. The Kier molecular flexibility index (Phi) is 4.32. The number of aromatic nitrogens is 4. The van der Waals surface area contributed by atoms with Gasteiger partial charge in [-0.05, 0) is 12.1 Å². The molecule has 6 nitrogen and oxygen atoms in total. The first-order valence-electron chi connectivity index (χ1n) is 7.74. The lowest BCUT2D eigenvalue weighted by Gasteiger charge is -2.04. The molecule has 4 rings (SSSR count). The zero-order valence-electron chi connectivity index (χ0n) is 13.4. The molecule has 1 amide bonds. The van der Waals surface area contributed by atoms with E-state index >= 15 is 0 Å². The average molecular weight is 365 g/mol. The van der Waals surface area contributed by atoms with Crippen molar-refractivity contribution in [2.75, 3.05) is 0 Å². The van der Waals surface area contributed by atoms with Crippen molar-refractivity contribution in [3.63, 3.8) is 0 Å². The second-order valence-electron chi connectivity index (χ2n) is 5.44. The van der Waals surface area contributed by atoms with Crippen molar-refractivity contribution in [1.29, 1.82) is 0 Å². The van der Waals surface area contributed by atoms with Gasteiger partial charge < -0.3 is 4.57 Å². The number of amides is 1. The lowest BCUT2D eigenvalue weighted by Crippen LogP contribution is -2.17. The second-order valence-corrected chi connectivity index (χ2v) is 6.32. The molecule has 26 heavy (non-hydrogen) atoms. The van der Waals surface area contributed by atoms with Gasteiger partial charge in [-0.15, -0.1) is 11.3 Å². The number of hydrogen-bond acceptors (Lipinski definition) is 5. The second kappa shape index (κ2) is 6.93. The molecule has 3 heterocycles. The summed E-state index contributed by atoms with van der Waals surface area (Å²) in [7, 11) is 0. The molecule has 4 aromatic rings. The third-order valence-corrected chi connectivity index (χ3v) is 4.52. The molecular formula is C18H12FN5OS. The van der Waals surface area contributed by atoms with Gasteiger partial charge in [-0.1, -0.05) is 18.2 Å². The van der Waals surface area contributed by atoms with Gasteiger partial charge in [-0.2, -0.15) is 4.99 Å². The first-order chi connectivity index (χ1) is 12.7. The maximum Gasteiger partial charge on any atom is 0.281 e. The van der Waals surface area contributed by atoms with Gasteiger partial charge in [0, 0.05) is 35.7 Å². The summed E-state index contributed by atoms with van der Waals surface area (Å²) in [4.78, 5) is 29.5. The van der Waals surface area contributed by atoms with Crippen LogP contribution in [0.25, 0.3) is 11.2 Å². The van der Waals surface area contributed by atoms with Gasteiger partial charge in [0.2, 0.25) is 0 Å². The van der Waals surface area contributed by atoms with Gasteiger partial charge in [0.1, 0.15) is 11.3 Å². The van der Waals surface area contributed by atoms with E-state index in [9.17, 15) is 9.18 Å². The minimum Gasteiger partial charge on any atom is -0.319 e. The largest absolute Gasteiger partial charge is 0.319 e. The van der Waals surface area contributed by atoms with E-state index in [1.807, 2.05) is 0 Å². The van der Waals surface area contributed by atoms with E-state index in [1.54, 1.807) is 46.6 Å². The minimum atomic E-state index is -0.435. The van der Waals surface area contributed by atoms with Gasteiger partial charge >= 0.3 is 0 Å². The van der Waals surface area contributed by atoms with Crippen molar-refractivity contribution in [3.05, 3.63) is 82.2 Å². The number of carbonyl (C=O) groups is 1. The molecule has 0 bridgehead atoms. The Morgan fingerprint density at radius 3 is 2.92 bits per heavy atom. The first kappa shape index (κ1) is 16.2. The molecule has 128 valence electrons. The van der Waals surface area contributed by atoms with Crippen molar-refractivity contribution in [2.45, 2.75) is 6.54 Å². The van der Waals surface area contributed by atoms with Crippen LogP contribution in [0.1, 0.15) is 15.9 Å². The van der Waals surface area contributed by atoms with Crippen LogP contribution < -0.4 is 4.80 Å². The monoisotopic (exact) mass is 365 g/mol. The van der Waals surface area contributed by atoms with Crippen LogP contribution in [0.4, 0.5) is 4.39 Å². The number of nitrogens with zero attached hydrogens (tertiary/aromatic N) is 5. The highest BCUT2D eigenvalue weighted by molar-refractivity contribution is 7.07. The summed E-state index contributed by atoms with van der Waals surface area (Å²) in [5, 5.41) is 1.80. The SMILES string of the molecule is O=C(N=c1sccn1Cc1ccccc1F)c1cnc2nccnc2c1. The van der Waals surface area contributed by atoms with Crippen molar-refractivity contribution in [3.8, 4) is 0 Å². The Labute approximate surface area is 151 Å². The highest BCUT2D eigenvalue weighted by Gasteiger charge is 2.09. The number of halogens is 1. The third kappa shape index (κ3) is 3.27. The molecule has 1 aromatic carbocycles. The number of pyridine rings is 1. The van der Waals surface area contributed by atoms with Crippen LogP contribution in [-0.4, -0.2) is 25.4 Å². The van der Waals surface area contributed by atoms with Crippen molar-refractivity contribution in [1.82, 2.24) is 19.5 Å². The summed E-state index contributed by atoms with van der Waals surface area (Å²) < 4.78 is 15.6. The highest BCUT2D eigenvalue weighted by Crippen LogP contribution is 2.10. The fraction of sp³-hybridized carbons (Fsp3) is 0.0556. The molecular weight excluding hydrogens is 353 g/mol. The highest BCUT2D eigenvalue weighted by atomic mass is 32.1. The van der Waals surface area contributed by atoms with Crippen molar-refractivity contribution in [2.24, 2.45) is 4.99 Å². The summed E-state index contributed by atoms with van der Waals surface area (Å²) in [5.41, 5.74) is 1.85. The number of fused-ring (bicyclic) bond motifs is 1. The number of thiazole rings is 1. The molecule has 0 aliphatic carbocycles. The van der Waals surface area contributed by atoms with Crippen LogP contribution in [0.2, 0.25) is 0 Å². The van der Waals surface area contributed by atoms with Gasteiger partial charge in [-0.25, -0.2) is 14.4 Å². The molecule has 0 atom stereocenters. The number of carbonyl (C=O) groups excluding carboxylic acids is 1. The molecule has 0 aliphatic heterocycles. The quantitative estimate of drug-likeness (QED) is 0.560. The van der Waals surface area contributed by atoms with E-state index in [4.69, 9.17) is 0 Å². The van der Waals surface area contributed by atoms with Crippen molar-refractivity contribution >= 4 is 28.4 Å². The zero-order chi connectivity index (χ0) is 17.9. The van der Waals surface area contributed by atoms with E-state index in [-0.39, 0.29) is 5.82 Å². The van der Waals surface area contributed by atoms with E-state index < -0.39 is 5.91 Å². The molecule has 0 N–H and O–H groups in total. The van der Waals surface area contributed by atoms with Crippen LogP contribution >= 0.6 is 11.3 Å². The predicted molar refractivity (Wildman–Crippen MR) is 95.0 cm³/mol. The number of hydrogen-bond donors (Lipinski definition) is 0. The van der Waals surface area contributed by atoms with Crippen LogP contribution in [-0.2, 0) is 6.54 Å². The summed E-state index contributed by atoms with van der Waals surface area (Å²) in [6.45, 7) is 0.295. The van der Waals surface area contributed by atoms with Crippen molar-refractivity contribution < 1.29 is 9.18 Å². The molecule has 8 heteroatoms. The normalized spacial score (nSPS) is 11.8. The molecule has 0 fully saturated rings. The summed E-state index contributed by atoms with van der Waals surface area (Å²) in [6.07, 6.45) is 6.28. The van der Waals surface area contributed by atoms with Gasteiger partial charge in [0.25, 0.3) is 5.91 Å². The standard InChI is InChI=1S/C18H12FN5OS/c19-14-4-2-1-3-12(14)11-24-7-8-26-18(24)23-17(25)13-9-15-16(22-10-13)21-6-5-20-15/h1-10H,11H2. The summed E-state index contributed by atoms with van der Waals surface area (Å²) >= 11 is 1.31. The summed E-state index contributed by atoms with van der Waals surface area (Å²) in [5.74, 6) is -0.726. The molecule has 0 saturated carbocycles. The van der Waals surface area contributed by atoms with E-state index in [2.05, 4.69) is 19.9 Å². The van der Waals surface area contributed by atoms with Crippen LogP contribution in [0.5, 0.6) is 0 Å². The fourth-order valence-corrected chi connectivity index (χ4v) is 3.17. The van der Waals surface area contributed by atoms with Gasteiger partial charge in [0.15, 0.2) is 10.4 Å². The minimum absolute atomic E-state index is 0.291. The average Bonchev–Trinajstić information content (AvgIpc) is 3.10. The Morgan fingerprint density at radius 2 is 2.04 bits per heavy atom. The Balaban J connectivity index is 1.67.